The SMILES string of the molecule is CC(C)(C)OC(=O)N1CCN(CCCCCCCCO)CC1. The van der Waals surface area contributed by atoms with Crippen molar-refractivity contribution in [3.05, 3.63) is 0 Å². The number of carbonyl (C=O) groups excluding carboxylic acids is 1. The molecular weight excluding hydrogens is 280 g/mol. The normalized spacial score (nSPS) is 16.8. The second-order valence-corrected chi connectivity index (χ2v) is 7.15. The topological polar surface area (TPSA) is 53.0 Å². The summed E-state index contributed by atoms with van der Waals surface area (Å²) >= 11 is 0. The Morgan fingerprint density at radius 2 is 1.50 bits per heavy atom. The second-order valence-electron chi connectivity index (χ2n) is 7.15. The zero-order valence-electron chi connectivity index (χ0n) is 14.6. The number of unbranched alkanes of at least 4 members (excludes halogenated alkanes) is 5. The third kappa shape index (κ3) is 8.59. The van der Waals surface area contributed by atoms with Gasteiger partial charge in [-0.1, -0.05) is 25.7 Å². The lowest BCUT2D eigenvalue weighted by Gasteiger charge is -2.35. The van der Waals surface area contributed by atoms with Crippen LogP contribution >= 0.6 is 0 Å². The van der Waals surface area contributed by atoms with Crippen LogP contribution in [0.15, 0.2) is 0 Å². The van der Waals surface area contributed by atoms with Gasteiger partial charge in [-0.2, -0.15) is 0 Å². The highest BCUT2D eigenvalue weighted by Gasteiger charge is 2.25. The van der Waals surface area contributed by atoms with Crippen LogP contribution in [0.3, 0.4) is 0 Å². The van der Waals surface area contributed by atoms with Gasteiger partial charge in [-0.15, -0.1) is 0 Å². The number of piperazine rings is 1. The van der Waals surface area contributed by atoms with E-state index < -0.39 is 5.60 Å². The van der Waals surface area contributed by atoms with Crippen molar-refractivity contribution < 1.29 is 14.6 Å². The molecule has 1 aliphatic heterocycles. The molecule has 130 valence electrons. The van der Waals surface area contributed by atoms with Crippen molar-refractivity contribution in [3.63, 3.8) is 0 Å². The first-order valence-electron chi connectivity index (χ1n) is 8.73. The smallest absolute Gasteiger partial charge is 0.410 e. The Morgan fingerprint density at radius 1 is 0.955 bits per heavy atom. The summed E-state index contributed by atoms with van der Waals surface area (Å²) in [6.45, 7) is 10.6. The fraction of sp³-hybridized carbons (Fsp3) is 0.941. The number of hydrogen-bond acceptors (Lipinski definition) is 4. The predicted molar refractivity (Wildman–Crippen MR) is 89.0 cm³/mol. The molecule has 0 spiro atoms. The van der Waals surface area contributed by atoms with Crippen LogP contribution in [-0.4, -0.2) is 65.9 Å². The van der Waals surface area contributed by atoms with Gasteiger partial charge in [0.1, 0.15) is 5.60 Å². The Balaban J connectivity index is 2.06. The van der Waals surface area contributed by atoms with Gasteiger partial charge in [0.25, 0.3) is 0 Å². The van der Waals surface area contributed by atoms with Crippen molar-refractivity contribution in [2.75, 3.05) is 39.3 Å². The zero-order chi connectivity index (χ0) is 16.4. The second kappa shape index (κ2) is 10.1. The fourth-order valence-electron chi connectivity index (χ4n) is 2.63. The van der Waals surface area contributed by atoms with Crippen molar-refractivity contribution >= 4 is 6.09 Å². The average Bonchev–Trinajstić information content (AvgIpc) is 2.45. The molecule has 0 aromatic carbocycles. The first kappa shape index (κ1) is 19.2. The Labute approximate surface area is 135 Å². The number of hydrogen-bond donors (Lipinski definition) is 1. The highest BCUT2D eigenvalue weighted by atomic mass is 16.6. The maximum absolute atomic E-state index is 12.0. The minimum Gasteiger partial charge on any atom is -0.444 e. The van der Waals surface area contributed by atoms with Gasteiger partial charge in [-0.25, -0.2) is 4.79 Å². The summed E-state index contributed by atoms with van der Waals surface area (Å²) < 4.78 is 5.41. The molecule has 0 saturated carbocycles. The zero-order valence-corrected chi connectivity index (χ0v) is 14.6. The van der Waals surface area contributed by atoms with Crippen LogP contribution in [0.5, 0.6) is 0 Å². The minimum absolute atomic E-state index is 0.184. The van der Waals surface area contributed by atoms with Gasteiger partial charge in [-0.05, 0) is 40.2 Å². The summed E-state index contributed by atoms with van der Waals surface area (Å²) in [6.07, 6.45) is 6.88. The summed E-state index contributed by atoms with van der Waals surface area (Å²) in [5, 5.41) is 8.72. The molecule has 0 bridgehead atoms. The molecule has 1 fully saturated rings. The van der Waals surface area contributed by atoms with Crippen LogP contribution in [0.1, 0.15) is 59.3 Å². The van der Waals surface area contributed by atoms with Crippen LogP contribution in [0.4, 0.5) is 4.79 Å². The van der Waals surface area contributed by atoms with E-state index >= 15 is 0 Å². The summed E-state index contributed by atoms with van der Waals surface area (Å²) in [7, 11) is 0. The average molecular weight is 314 g/mol. The van der Waals surface area contributed by atoms with Gasteiger partial charge in [0, 0.05) is 32.8 Å². The number of carbonyl (C=O) groups is 1. The predicted octanol–water partition coefficient (Wildman–Crippen LogP) is 2.87. The lowest BCUT2D eigenvalue weighted by Crippen LogP contribution is -2.50. The van der Waals surface area contributed by atoms with Crippen LogP contribution in [0, 0.1) is 0 Å². The van der Waals surface area contributed by atoms with Crippen molar-refractivity contribution in [1.82, 2.24) is 9.80 Å². The molecule has 1 rings (SSSR count). The van der Waals surface area contributed by atoms with E-state index in [0.29, 0.717) is 6.61 Å². The summed E-state index contributed by atoms with van der Waals surface area (Å²) in [5.41, 5.74) is -0.412. The summed E-state index contributed by atoms with van der Waals surface area (Å²) in [5.74, 6) is 0. The van der Waals surface area contributed by atoms with Crippen LogP contribution in [0.25, 0.3) is 0 Å². The molecule has 1 N–H and O–H groups in total. The van der Waals surface area contributed by atoms with Gasteiger partial charge < -0.3 is 14.7 Å². The molecule has 0 atom stereocenters. The molecule has 0 aromatic rings. The van der Waals surface area contributed by atoms with Crippen molar-refractivity contribution in [3.8, 4) is 0 Å². The first-order chi connectivity index (χ1) is 10.4. The van der Waals surface area contributed by atoms with Crippen LogP contribution < -0.4 is 0 Å². The van der Waals surface area contributed by atoms with Crippen molar-refractivity contribution in [1.29, 1.82) is 0 Å². The Bertz CT molecular complexity index is 308. The standard InChI is InChI=1S/C17H34N2O3/c1-17(2,3)22-16(21)19-13-11-18(12-14-19)10-8-6-4-5-7-9-15-20/h20H,4-15H2,1-3H3. The van der Waals surface area contributed by atoms with E-state index in [0.717, 1.165) is 45.6 Å². The number of aliphatic hydroxyl groups excluding tert-OH is 1. The molecule has 0 aliphatic carbocycles. The molecule has 1 saturated heterocycles. The molecule has 1 amide bonds. The van der Waals surface area contributed by atoms with E-state index in [4.69, 9.17) is 9.84 Å². The summed E-state index contributed by atoms with van der Waals surface area (Å²) in [4.78, 5) is 16.2. The van der Waals surface area contributed by atoms with E-state index in [-0.39, 0.29) is 6.09 Å². The third-order valence-corrected chi connectivity index (χ3v) is 3.91. The number of rotatable bonds is 8. The van der Waals surface area contributed by atoms with Crippen molar-refractivity contribution in [2.24, 2.45) is 0 Å². The van der Waals surface area contributed by atoms with E-state index in [1.807, 2.05) is 25.7 Å². The minimum atomic E-state index is -0.412. The Kier molecular flexibility index (Phi) is 8.79. The van der Waals surface area contributed by atoms with Gasteiger partial charge in [0.2, 0.25) is 0 Å². The Morgan fingerprint density at radius 3 is 2.05 bits per heavy atom. The Hall–Kier alpha value is -0.810. The third-order valence-electron chi connectivity index (χ3n) is 3.91. The lowest BCUT2D eigenvalue weighted by atomic mass is 10.1. The molecule has 1 aliphatic rings. The van der Waals surface area contributed by atoms with Gasteiger partial charge >= 0.3 is 6.09 Å². The monoisotopic (exact) mass is 314 g/mol. The van der Waals surface area contributed by atoms with E-state index in [2.05, 4.69) is 4.90 Å². The highest BCUT2D eigenvalue weighted by molar-refractivity contribution is 5.68. The molecular formula is C17H34N2O3. The van der Waals surface area contributed by atoms with E-state index in [1.54, 1.807) is 0 Å². The van der Waals surface area contributed by atoms with E-state index in [9.17, 15) is 4.79 Å². The maximum atomic E-state index is 12.0. The summed E-state index contributed by atoms with van der Waals surface area (Å²) in [6, 6.07) is 0. The van der Waals surface area contributed by atoms with Crippen LogP contribution in [-0.2, 0) is 4.74 Å². The van der Waals surface area contributed by atoms with Crippen molar-refractivity contribution in [2.45, 2.75) is 64.9 Å². The molecule has 22 heavy (non-hydrogen) atoms. The van der Waals surface area contributed by atoms with Gasteiger partial charge in [0.05, 0.1) is 0 Å². The number of nitrogens with zero attached hydrogens (tertiary/aromatic N) is 2. The molecule has 0 radical (unpaired) electrons. The van der Waals surface area contributed by atoms with E-state index in [1.165, 1.54) is 25.7 Å². The maximum Gasteiger partial charge on any atom is 0.410 e. The largest absolute Gasteiger partial charge is 0.444 e. The van der Waals surface area contributed by atoms with Gasteiger partial charge in [0.15, 0.2) is 0 Å². The molecule has 5 nitrogen and oxygen atoms in total. The number of amides is 1. The fourth-order valence-corrected chi connectivity index (χ4v) is 2.63. The quantitative estimate of drug-likeness (QED) is 0.700. The molecule has 5 heteroatoms. The highest BCUT2D eigenvalue weighted by Crippen LogP contribution is 2.12. The number of aliphatic hydroxyl groups is 1. The number of ether oxygens (including phenoxy) is 1. The lowest BCUT2D eigenvalue weighted by molar-refractivity contribution is 0.0144. The molecule has 1 heterocycles. The molecule has 0 unspecified atom stereocenters. The first-order valence-corrected chi connectivity index (χ1v) is 8.73. The van der Waals surface area contributed by atoms with Gasteiger partial charge in [-0.3, -0.25) is 4.90 Å². The van der Waals surface area contributed by atoms with Crippen LogP contribution in [0.2, 0.25) is 0 Å². The molecule has 0 aromatic heterocycles.